The van der Waals surface area contributed by atoms with Crippen LogP contribution in [-0.2, 0) is 4.79 Å². The van der Waals surface area contributed by atoms with Crippen LogP contribution in [0.5, 0.6) is 0 Å². The van der Waals surface area contributed by atoms with E-state index in [0.717, 1.165) is 25.2 Å². The van der Waals surface area contributed by atoms with Crippen LogP contribution in [0.3, 0.4) is 0 Å². The van der Waals surface area contributed by atoms with E-state index in [4.69, 9.17) is 0 Å². The molecule has 1 fully saturated rings. The van der Waals surface area contributed by atoms with E-state index in [1.165, 1.54) is 0 Å². The lowest BCUT2D eigenvalue weighted by Gasteiger charge is -2.41. The molecule has 0 amide bonds. The molecule has 1 aliphatic carbocycles. The number of Topliss-reactive ketones (excluding diaryl/α,β-unsaturated/α-hetero) is 1. The first-order valence-electron chi connectivity index (χ1n) is 5.88. The summed E-state index contributed by atoms with van der Waals surface area (Å²) in [5.41, 5.74) is 0.384. The second-order valence-corrected chi connectivity index (χ2v) is 5.81. The molecule has 14 heavy (non-hydrogen) atoms. The lowest BCUT2D eigenvalue weighted by atomic mass is 9.63. The van der Waals surface area contributed by atoms with Gasteiger partial charge in [-0.05, 0) is 30.1 Å². The number of carbonyl (C=O) groups excluding carboxylic acids is 1. The Morgan fingerprint density at radius 3 is 2.36 bits per heavy atom. The third-order valence-electron chi connectivity index (χ3n) is 4.47. The molecule has 2 atom stereocenters. The molecule has 0 aliphatic heterocycles. The van der Waals surface area contributed by atoms with Gasteiger partial charge in [-0.3, -0.25) is 4.79 Å². The number of ketones is 1. The maximum absolute atomic E-state index is 11.4. The van der Waals surface area contributed by atoms with Gasteiger partial charge in [0.05, 0.1) is 0 Å². The average molecular weight is 196 g/mol. The lowest BCUT2D eigenvalue weighted by Crippen LogP contribution is -2.35. The van der Waals surface area contributed by atoms with Gasteiger partial charge in [0, 0.05) is 12.3 Å². The van der Waals surface area contributed by atoms with Gasteiger partial charge >= 0.3 is 0 Å². The van der Waals surface area contributed by atoms with Crippen LogP contribution in [0, 0.1) is 23.2 Å². The maximum Gasteiger partial charge on any atom is 0.135 e. The Balaban J connectivity index is 2.67. The van der Waals surface area contributed by atoms with Crippen molar-refractivity contribution in [1.82, 2.24) is 0 Å². The normalized spacial score (nSPS) is 29.7. The van der Waals surface area contributed by atoms with E-state index in [0.29, 0.717) is 23.0 Å². The van der Waals surface area contributed by atoms with Crippen molar-refractivity contribution in [2.24, 2.45) is 23.2 Å². The molecule has 0 aromatic rings. The first-order chi connectivity index (χ1) is 6.35. The fourth-order valence-electron chi connectivity index (χ4n) is 2.39. The summed E-state index contributed by atoms with van der Waals surface area (Å²) in [7, 11) is 0. The van der Waals surface area contributed by atoms with Crippen molar-refractivity contribution in [2.45, 2.75) is 53.9 Å². The lowest BCUT2D eigenvalue weighted by molar-refractivity contribution is -0.126. The molecule has 0 radical (unpaired) electrons. The van der Waals surface area contributed by atoms with Crippen LogP contribution in [0.2, 0.25) is 0 Å². The first-order valence-corrected chi connectivity index (χ1v) is 5.88. The topological polar surface area (TPSA) is 17.1 Å². The number of carbonyl (C=O) groups is 1. The molecule has 1 saturated carbocycles. The first kappa shape index (κ1) is 11.7. The van der Waals surface area contributed by atoms with Crippen molar-refractivity contribution >= 4 is 5.78 Å². The van der Waals surface area contributed by atoms with E-state index < -0.39 is 0 Å². The standard InChI is InChI=1S/C13H24O/c1-9(2)13(4,5)11-6-7-12(14)10(3)8-11/h9-11H,6-8H2,1-5H3/t10-,11+/m0/s1. The molecule has 1 nitrogen and oxygen atoms in total. The minimum atomic E-state index is 0.298. The van der Waals surface area contributed by atoms with Crippen LogP contribution in [-0.4, -0.2) is 5.78 Å². The molecule has 0 aromatic carbocycles. The number of hydrogen-bond donors (Lipinski definition) is 0. The van der Waals surface area contributed by atoms with Gasteiger partial charge in [-0.25, -0.2) is 0 Å². The molecule has 0 spiro atoms. The van der Waals surface area contributed by atoms with Crippen molar-refractivity contribution in [3.63, 3.8) is 0 Å². The summed E-state index contributed by atoms with van der Waals surface area (Å²) in [6.45, 7) is 11.4. The average Bonchev–Trinajstić information content (AvgIpc) is 2.09. The van der Waals surface area contributed by atoms with E-state index in [-0.39, 0.29) is 0 Å². The highest BCUT2D eigenvalue weighted by Gasteiger charge is 2.37. The minimum absolute atomic E-state index is 0.298. The highest BCUT2D eigenvalue weighted by molar-refractivity contribution is 5.81. The Morgan fingerprint density at radius 1 is 1.36 bits per heavy atom. The summed E-state index contributed by atoms with van der Waals surface area (Å²) < 4.78 is 0. The van der Waals surface area contributed by atoms with Gasteiger partial charge in [0.2, 0.25) is 0 Å². The molecule has 0 N–H and O–H groups in total. The molecule has 0 bridgehead atoms. The van der Waals surface area contributed by atoms with Crippen molar-refractivity contribution in [3.8, 4) is 0 Å². The monoisotopic (exact) mass is 196 g/mol. The summed E-state index contributed by atoms with van der Waals surface area (Å²) in [6, 6.07) is 0. The van der Waals surface area contributed by atoms with Gasteiger partial charge in [0.1, 0.15) is 5.78 Å². The highest BCUT2D eigenvalue weighted by atomic mass is 16.1. The van der Waals surface area contributed by atoms with Crippen molar-refractivity contribution in [1.29, 1.82) is 0 Å². The zero-order valence-corrected chi connectivity index (χ0v) is 10.3. The van der Waals surface area contributed by atoms with E-state index in [1.807, 2.05) is 0 Å². The van der Waals surface area contributed by atoms with Crippen LogP contribution in [0.4, 0.5) is 0 Å². The number of hydrogen-bond acceptors (Lipinski definition) is 1. The molecule has 0 heterocycles. The number of rotatable bonds is 2. The van der Waals surface area contributed by atoms with Gasteiger partial charge in [0.25, 0.3) is 0 Å². The Hall–Kier alpha value is -0.330. The van der Waals surface area contributed by atoms with Crippen molar-refractivity contribution in [3.05, 3.63) is 0 Å². The highest BCUT2D eigenvalue weighted by Crippen LogP contribution is 2.43. The van der Waals surface area contributed by atoms with Crippen molar-refractivity contribution in [2.75, 3.05) is 0 Å². The minimum Gasteiger partial charge on any atom is -0.299 e. The molecular formula is C13H24O. The predicted molar refractivity (Wildman–Crippen MR) is 60.1 cm³/mol. The van der Waals surface area contributed by atoms with Gasteiger partial charge in [0.15, 0.2) is 0 Å². The van der Waals surface area contributed by atoms with Crippen LogP contribution in [0.15, 0.2) is 0 Å². The van der Waals surface area contributed by atoms with Gasteiger partial charge < -0.3 is 0 Å². The van der Waals surface area contributed by atoms with E-state index in [9.17, 15) is 4.79 Å². The van der Waals surface area contributed by atoms with E-state index in [2.05, 4.69) is 34.6 Å². The molecule has 0 aromatic heterocycles. The molecule has 1 rings (SSSR count). The van der Waals surface area contributed by atoms with Crippen LogP contribution < -0.4 is 0 Å². The third kappa shape index (κ3) is 2.18. The summed E-state index contributed by atoms with van der Waals surface area (Å²) in [4.78, 5) is 11.4. The van der Waals surface area contributed by atoms with Gasteiger partial charge in [-0.1, -0.05) is 34.6 Å². The van der Waals surface area contributed by atoms with Gasteiger partial charge in [-0.2, -0.15) is 0 Å². The Labute approximate surface area is 88.3 Å². The zero-order chi connectivity index (χ0) is 10.9. The van der Waals surface area contributed by atoms with E-state index in [1.54, 1.807) is 0 Å². The summed E-state index contributed by atoms with van der Waals surface area (Å²) in [6.07, 6.45) is 3.01. The molecule has 1 aliphatic rings. The molecule has 0 unspecified atom stereocenters. The molecule has 0 saturated heterocycles. The summed E-state index contributed by atoms with van der Waals surface area (Å²) >= 11 is 0. The van der Waals surface area contributed by atoms with Crippen molar-refractivity contribution < 1.29 is 4.79 Å². The summed E-state index contributed by atoms with van der Waals surface area (Å²) in [5, 5.41) is 0. The second kappa shape index (κ2) is 4.04. The summed E-state index contributed by atoms with van der Waals surface area (Å²) in [5.74, 6) is 2.20. The largest absolute Gasteiger partial charge is 0.299 e. The quantitative estimate of drug-likeness (QED) is 0.658. The molecule has 82 valence electrons. The van der Waals surface area contributed by atoms with Crippen LogP contribution >= 0.6 is 0 Å². The fraction of sp³-hybridized carbons (Fsp3) is 0.923. The second-order valence-electron chi connectivity index (χ2n) is 5.81. The Morgan fingerprint density at radius 2 is 1.93 bits per heavy atom. The van der Waals surface area contributed by atoms with Gasteiger partial charge in [-0.15, -0.1) is 0 Å². The van der Waals surface area contributed by atoms with Crippen LogP contribution in [0.25, 0.3) is 0 Å². The third-order valence-corrected chi connectivity index (χ3v) is 4.47. The maximum atomic E-state index is 11.4. The van der Waals surface area contributed by atoms with E-state index >= 15 is 0 Å². The Bertz CT molecular complexity index is 215. The van der Waals surface area contributed by atoms with Crippen LogP contribution in [0.1, 0.15) is 53.9 Å². The smallest absolute Gasteiger partial charge is 0.135 e. The Kier molecular flexibility index (Phi) is 3.39. The fourth-order valence-corrected chi connectivity index (χ4v) is 2.39. The molecule has 1 heteroatoms. The zero-order valence-electron chi connectivity index (χ0n) is 10.3. The SMILES string of the molecule is CC(C)C(C)(C)[C@@H]1CCC(=O)[C@@H](C)C1. The predicted octanol–water partition coefficient (Wildman–Crippen LogP) is 3.67. The molecular weight excluding hydrogens is 172 g/mol.